The topological polar surface area (TPSA) is 32.6 Å². The van der Waals surface area contributed by atoms with Gasteiger partial charge in [0.05, 0.1) is 5.71 Å². The van der Waals surface area contributed by atoms with Crippen molar-refractivity contribution in [3.05, 3.63) is 25.3 Å². The summed E-state index contributed by atoms with van der Waals surface area (Å²) < 4.78 is 0. The van der Waals surface area contributed by atoms with E-state index in [9.17, 15) is 0 Å². The number of hydrogen-bond acceptors (Lipinski definition) is 2. The first-order valence-electron chi connectivity index (χ1n) is 3.26. The molecular formula is C8H13NO. The van der Waals surface area contributed by atoms with E-state index >= 15 is 0 Å². The third-order valence-corrected chi connectivity index (χ3v) is 1.16. The molecule has 2 nitrogen and oxygen atoms in total. The Bertz CT molecular complexity index is 138. The van der Waals surface area contributed by atoms with Crippen molar-refractivity contribution in [1.82, 2.24) is 0 Å². The van der Waals surface area contributed by atoms with E-state index in [-0.39, 0.29) is 0 Å². The maximum atomic E-state index is 8.39. The van der Waals surface area contributed by atoms with Crippen LogP contribution in [-0.2, 0) is 0 Å². The Kier molecular flexibility index (Phi) is 5.44. The summed E-state index contributed by atoms with van der Waals surface area (Å²) in [5, 5.41) is 11.5. The first-order chi connectivity index (χ1) is 4.85. The van der Waals surface area contributed by atoms with Crippen LogP contribution < -0.4 is 0 Å². The van der Waals surface area contributed by atoms with Gasteiger partial charge in [-0.1, -0.05) is 17.3 Å². The molecule has 0 fully saturated rings. The van der Waals surface area contributed by atoms with E-state index in [1.807, 2.05) is 0 Å². The van der Waals surface area contributed by atoms with Crippen molar-refractivity contribution in [2.45, 2.75) is 19.3 Å². The van der Waals surface area contributed by atoms with Crippen LogP contribution >= 0.6 is 0 Å². The molecule has 10 heavy (non-hydrogen) atoms. The highest BCUT2D eigenvalue weighted by Crippen LogP contribution is 1.97. The average Bonchev–Trinajstić information content (AvgIpc) is 1.98. The maximum absolute atomic E-state index is 8.39. The van der Waals surface area contributed by atoms with Gasteiger partial charge in [-0.05, 0) is 12.8 Å². The molecule has 1 N–H and O–H groups in total. The molecular weight excluding hydrogens is 126 g/mol. The van der Waals surface area contributed by atoms with Crippen LogP contribution in [0.3, 0.4) is 0 Å². The minimum absolute atomic E-state index is 0.657. The predicted octanol–water partition coefficient (Wildman–Crippen LogP) is 2.36. The number of oxime groups is 1. The molecule has 0 aliphatic rings. The van der Waals surface area contributed by atoms with Crippen LogP contribution in [0.1, 0.15) is 19.3 Å². The smallest absolute Gasteiger partial charge is 0.0611 e. The van der Waals surface area contributed by atoms with Crippen molar-refractivity contribution >= 4 is 5.71 Å². The molecule has 0 aromatic carbocycles. The van der Waals surface area contributed by atoms with Gasteiger partial charge in [-0.15, -0.1) is 13.2 Å². The Morgan fingerprint density at radius 1 is 1.40 bits per heavy atom. The molecule has 0 spiro atoms. The first kappa shape index (κ1) is 8.95. The van der Waals surface area contributed by atoms with Gasteiger partial charge in [0, 0.05) is 6.42 Å². The third-order valence-electron chi connectivity index (χ3n) is 1.16. The predicted molar refractivity (Wildman–Crippen MR) is 43.5 cm³/mol. The van der Waals surface area contributed by atoms with Crippen molar-refractivity contribution < 1.29 is 5.21 Å². The lowest BCUT2D eigenvalue weighted by Crippen LogP contribution is -1.94. The summed E-state index contributed by atoms with van der Waals surface area (Å²) in [6, 6.07) is 0. The van der Waals surface area contributed by atoms with Crippen LogP contribution in [0.25, 0.3) is 0 Å². The number of rotatable bonds is 5. The fourth-order valence-corrected chi connectivity index (χ4v) is 0.628. The lowest BCUT2D eigenvalue weighted by Gasteiger charge is -1.95. The van der Waals surface area contributed by atoms with Crippen molar-refractivity contribution in [1.29, 1.82) is 0 Å². The molecule has 0 saturated heterocycles. The van der Waals surface area contributed by atoms with Gasteiger partial charge in [-0.3, -0.25) is 0 Å². The zero-order valence-electron chi connectivity index (χ0n) is 6.08. The summed E-state index contributed by atoms with van der Waals surface area (Å²) in [7, 11) is 0. The van der Waals surface area contributed by atoms with Gasteiger partial charge < -0.3 is 5.21 Å². The van der Waals surface area contributed by atoms with Crippen molar-refractivity contribution in [2.75, 3.05) is 0 Å². The molecule has 0 aliphatic carbocycles. The zero-order valence-corrected chi connectivity index (χ0v) is 6.08. The Balaban J connectivity index is 3.60. The van der Waals surface area contributed by atoms with Crippen LogP contribution in [0.4, 0.5) is 0 Å². The molecule has 0 amide bonds. The fourth-order valence-electron chi connectivity index (χ4n) is 0.628. The van der Waals surface area contributed by atoms with Crippen LogP contribution in [-0.4, -0.2) is 10.9 Å². The van der Waals surface area contributed by atoms with Gasteiger partial charge >= 0.3 is 0 Å². The van der Waals surface area contributed by atoms with Crippen molar-refractivity contribution in [3.8, 4) is 0 Å². The highest BCUT2D eigenvalue weighted by Gasteiger charge is 1.93. The van der Waals surface area contributed by atoms with Crippen LogP contribution in [0.2, 0.25) is 0 Å². The molecule has 0 rings (SSSR count). The molecule has 0 heterocycles. The van der Waals surface area contributed by atoms with E-state index in [0.717, 1.165) is 18.6 Å². The molecule has 0 unspecified atom stereocenters. The van der Waals surface area contributed by atoms with E-state index in [2.05, 4.69) is 18.3 Å². The van der Waals surface area contributed by atoms with Crippen LogP contribution in [0.5, 0.6) is 0 Å². The van der Waals surface area contributed by atoms with E-state index < -0.39 is 0 Å². The van der Waals surface area contributed by atoms with Gasteiger partial charge in [0.15, 0.2) is 0 Å². The van der Waals surface area contributed by atoms with Gasteiger partial charge in [-0.2, -0.15) is 0 Å². The maximum Gasteiger partial charge on any atom is 0.0611 e. The van der Waals surface area contributed by atoms with Gasteiger partial charge in [0.2, 0.25) is 0 Å². The lowest BCUT2D eigenvalue weighted by atomic mass is 10.1. The second kappa shape index (κ2) is 6.08. The summed E-state index contributed by atoms with van der Waals surface area (Å²) in [6.07, 6.45) is 5.80. The zero-order chi connectivity index (χ0) is 7.82. The van der Waals surface area contributed by atoms with Crippen LogP contribution in [0, 0.1) is 0 Å². The van der Waals surface area contributed by atoms with Crippen LogP contribution in [0.15, 0.2) is 30.5 Å². The summed E-state index contributed by atoms with van der Waals surface area (Å²) in [5.41, 5.74) is 0.759. The van der Waals surface area contributed by atoms with Crippen molar-refractivity contribution in [3.63, 3.8) is 0 Å². The highest BCUT2D eigenvalue weighted by molar-refractivity contribution is 5.85. The summed E-state index contributed by atoms with van der Waals surface area (Å²) >= 11 is 0. The Morgan fingerprint density at radius 3 is 2.50 bits per heavy atom. The minimum Gasteiger partial charge on any atom is -0.411 e. The molecule has 2 heteroatoms. The molecule has 0 saturated carbocycles. The molecule has 0 aromatic heterocycles. The first-order valence-corrected chi connectivity index (χ1v) is 3.26. The molecule has 0 radical (unpaired) electrons. The monoisotopic (exact) mass is 139 g/mol. The highest BCUT2D eigenvalue weighted by atomic mass is 16.4. The average molecular weight is 139 g/mol. The largest absolute Gasteiger partial charge is 0.411 e. The number of hydrogen-bond donors (Lipinski definition) is 1. The van der Waals surface area contributed by atoms with Gasteiger partial charge in [-0.25, -0.2) is 0 Å². The lowest BCUT2D eigenvalue weighted by molar-refractivity contribution is 0.316. The summed E-state index contributed by atoms with van der Waals surface area (Å²) in [5.74, 6) is 0. The van der Waals surface area contributed by atoms with Gasteiger partial charge in [0.25, 0.3) is 0 Å². The molecule has 0 aliphatic heterocycles. The van der Waals surface area contributed by atoms with Crippen molar-refractivity contribution in [2.24, 2.45) is 5.16 Å². The Labute approximate surface area is 61.6 Å². The Morgan fingerprint density at radius 2 is 2.10 bits per heavy atom. The Hall–Kier alpha value is -1.05. The normalized spacial score (nSPS) is 11.0. The second-order valence-electron chi connectivity index (χ2n) is 1.99. The third kappa shape index (κ3) is 3.89. The summed E-state index contributed by atoms with van der Waals surface area (Å²) in [4.78, 5) is 0. The molecule has 0 aromatic rings. The summed E-state index contributed by atoms with van der Waals surface area (Å²) in [6.45, 7) is 7.10. The molecule has 0 bridgehead atoms. The SMILES string of the molecule is C=CCCC(CC=C)=NO. The molecule has 0 atom stereocenters. The molecule has 56 valence electrons. The minimum atomic E-state index is 0.657. The second-order valence-corrected chi connectivity index (χ2v) is 1.99. The number of nitrogens with zero attached hydrogens (tertiary/aromatic N) is 1. The quantitative estimate of drug-likeness (QED) is 0.269. The van der Waals surface area contributed by atoms with Gasteiger partial charge in [0.1, 0.15) is 0 Å². The van der Waals surface area contributed by atoms with E-state index in [1.54, 1.807) is 12.2 Å². The number of allylic oxidation sites excluding steroid dienone is 2. The standard InChI is InChI=1S/C8H13NO/c1-3-5-7-8(9-10)6-4-2/h3-4,10H,1-2,5-7H2. The fraction of sp³-hybridized carbons (Fsp3) is 0.375. The van der Waals surface area contributed by atoms with E-state index in [0.29, 0.717) is 6.42 Å². The van der Waals surface area contributed by atoms with E-state index in [4.69, 9.17) is 5.21 Å². The van der Waals surface area contributed by atoms with E-state index in [1.165, 1.54) is 0 Å².